The van der Waals surface area contributed by atoms with Crippen LogP contribution in [0.5, 0.6) is 0 Å². The summed E-state index contributed by atoms with van der Waals surface area (Å²) in [6.07, 6.45) is 0. The molecular formula is C13H22N2O. The molecule has 0 aliphatic carbocycles. The predicted molar refractivity (Wildman–Crippen MR) is 68.9 cm³/mol. The monoisotopic (exact) mass is 222 g/mol. The SMILES string of the molecule is CC(N[C@H](C)CO)c1ccccc1N(C)C. The molecule has 0 aliphatic heterocycles. The van der Waals surface area contributed by atoms with E-state index in [9.17, 15) is 0 Å². The van der Waals surface area contributed by atoms with Gasteiger partial charge in [0.15, 0.2) is 0 Å². The third kappa shape index (κ3) is 3.22. The molecule has 1 rings (SSSR count). The normalized spacial score (nSPS) is 14.6. The second-order valence-electron chi connectivity index (χ2n) is 4.43. The molecule has 1 aromatic rings. The van der Waals surface area contributed by atoms with E-state index in [1.165, 1.54) is 11.3 Å². The summed E-state index contributed by atoms with van der Waals surface area (Å²) in [6, 6.07) is 8.67. The number of aliphatic hydroxyl groups excluding tert-OH is 1. The third-order valence-electron chi connectivity index (χ3n) is 2.69. The van der Waals surface area contributed by atoms with E-state index in [-0.39, 0.29) is 18.7 Å². The quantitative estimate of drug-likeness (QED) is 0.797. The first kappa shape index (κ1) is 13.0. The summed E-state index contributed by atoms with van der Waals surface area (Å²) in [6.45, 7) is 4.26. The molecule has 0 saturated heterocycles. The average Bonchev–Trinajstić information content (AvgIpc) is 2.28. The fourth-order valence-electron chi connectivity index (χ4n) is 1.83. The van der Waals surface area contributed by atoms with Crippen molar-refractivity contribution in [2.45, 2.75) is 25.9 Å². The lowest BCUT2D eigenvalue weighted by molar-refractivity contribution is 0.243. The molecule has 90 valence electrons. The molecule has 1 aromatic carbocycles. The molecular weight excluding hydrogens is 200 g/mol. The summed E-state index contributed by atoms with van der Waals surface area (Å²) in [5.41, 5.74) is 2.47. The van der Waals surface area contributed by atoms with Crippen LogP contribution in [-0.4, -0.2) is 31.9 Å². The summed E-state index contributed by atoms with van der Waals surface area (Å²) < 4.78 is 0. The van der Waals surface area contributed by atoms with Crippen molar-refractivity contribution in [1.29, 1.82) is 0 Å². The van der Waals surface area contributed by atoms with Crippen LogP contribution in [0.1, 0.15) is 25.5 Å². The van der Waals surface area contributed by atoms with Crippen molar-refractivity contribution < 1.29 is 5.11 Å². The van der Waals surface area contributed by atoms with Gasteiger partial charge >= 0.3 is 0 Å². The van der Waals surface area contributed by atoms with Gasteiger partial charge in [-0.15, -0.1) is 0 Å². The van der Waals surface area contributed by atoms with Crippen molar-refractivity contribution in [3.63, 3.8) is 0 Å². The Bertz CT molecular complexity index is 325. The minimum atomic E-state index is 0.116. The van der Waals surface area contributed by atoms with Crippen molar-refractivity contribution in [1.82, 2.24) is 5.32 Å². The van der Waals surface area contributed by atoms with Crippen LogP contribution in [0.2, 0.25) is 0 Å². The molecule has 0 amide bonds. The number of benzene rings is 1. The van der Waals surface area contributed by atoms with Crippen molar-refractivity contribution in [3.05, 3.63) is 29.8 Å². The van der Waals surface area contributed by atoms with Gasteiger partial charge in [0.25, 0.3) is 0 Å². The fourth-order valence-corrected chi connectivity index (χ4v) is 1.83. The standard InChI is InChI=1S/C13H22N2O/c1-10(9-16)14-11(2)12-7-5-6-8-13(12)15(3)4/h5-8,10-11,14,16H,9H2,1-4H3/t10-,11?/m1/s1. The van der Waals surface area contributed by atoms with Crippen LogP contribution < -0.4 is 10.2 Å². The van der Waals surface area contributed by atoms with Gasteiger partial charge in [-0.1, -0.05) is 18.2 Å². The van der Waals surface area contributed by atoms with E-state index in [1.807, 2.05) is 33.2 Å². The van der Waals surface area contributed by atoms with E-state index < -0.39 is 0 Å². The van der Waals surface area contributed by atoms with Gasteiger partial charge in [0.2, 0.25) is 0 Å². The number of para-hydroxylation sites is 1. The lowest BCUT2D eigenvalue weighted by Gasteiger charge is -2.24. The molecule has 0 fully saturated rings. The zero-order valence-corrected chi connectivity index (χ0v) is 10.6. The van der Waals surface area contributed by atoms with Crippen LogP contribution in [0.15, 0.2) is 24.3 Å². The average molecular weight is 222 g/mol. The Morgan fingerprint density at radius 1 is 1.25 bits per heavy atom. The van der Waals surface area contributed by atoms with Gasteiger partial charge in [0.1, 0.15) is 0 Å². The Balaban J connectivity index is 2.85. The van der Waals surface area contributed by atoms with Gasteiger partial charge in [-0.3, -0.25) is 0 Å². The Morgan fingerprint density at radius 3 is 2.44 bits per heavy atom. The summed E-state index contributed by atoms with van der Waals surface area (Å²) in [5, 5.41) is 12.4. The lowest BCUT2D eigenvalue weighted by Crippen LogP contribution is -2.32. The molecule has 0 bridgehead atoms. The van der Waals surface area contributed by atoms with Crippen LogP contribution in [0, 0.1) is 0 Å². The van der Waals surface area contributed by atoms with Crippen molar-refractivity contribution in [2.75, 3.05) is 25.6 Å². The lowest BCUT2D eigenvalue weighted by atomic mass is 10.0. The van der Waals surface area contributed by atoms with Gasteiger partial charge in [-0.25, -0.2) is 0 Å². The van der Waals surface area contributed by atoms with E-state index in [0.717, 1.165) is 0 Å². The Hall–Kier alpha value is -1.06. The predicted octanol–water partition coefficient (Wildman–Crippen LogP) is 1.78. The molecule has 0 radical (unpaired) electrons. The van der Waals surface area contributed by atoms with E-state index in [1.54, 1.807) is 0 Å². The number of aliphatic hydroxyl groups is 1. The van der Waals surface area contributed by atoms with Gasteiger partial charge in [-0.05, 0) is 25.5 Å². The van der Waals surface area contributed by atoms with Gasteiger partial charge in [0.05, 0.1) is 6.61 Å². The van der Waals surface area contributed by atoms with Gasteiger partial charge in [-0.2, -0.15) is 0 Å². The zero-order valence-electron chi connectivity index (χ0n) is 10.6. The maximum Gasteiger partial charge on any atom is 0.0582 e. The number of anilines is 1. The van der Waals surface area contributed by atoms with E-state index in [2.05, 4.69) is 29.3 Å². The van der Waals surface area contributed by atoms with Crippen LogP contribution in [-0.2, 0) is 0 Å². The van der Waals surface area contributed by atoms with Crippen molar-refractivity contribution >= 4 is 5.69 Å². The van der Waals surface area contributed by atoms with E-state index >= 15 is 0 Å². The minimum absolute atomic E-state index is 0.116. The Labute approximate surface area is 98.1 Å². The molecule has 0 spiro atoms. The van der Waals surface area contributed by atoms with Gasteiger partial charge < -0.3 is 15.3 Å². The molecule has 2 atom stereocenters. The molecule has 0 aromatic heterocycles. The second-order valence-corrected chi connectivity index (χ2v) is 4.43. The first-order valence-electron chi connectivity index (χ1n) is 5.69. The van der Waals surface area contributed by atoms with E-state index in [4.69, 9.17) is 5.11 Å². The minimum Gasteiger partial charge on any atom is -0.395 e. The fraction of sp³-hybridized carbons (Fsp3) is 0.538. The van der Waals surface area contributed by atoms with Crippen LogP contribution in [0.25, 0.3) is 0 Å². The molecule has 16 heavy (non-hydrogen) atoms. The second kappa shape index (κ2) is 5.87. The number of rotatable bonds is 5. The Morgan fingerprint density at radius 2 is 1.88 bits per heavy atom. The number of hydrogen-bond donors (Lipinski definition) is 2. The highest BCUT2D eigenvalue weighted by Gasteiger charge is 2.12. The van der Waals surface area contributed by atoms with Crippen molar-refractivity contribution in [2.24, 2.45) is 0 Å². The summed E-state index contributed by atoms with van der Waals surface area (Å²) >= 11 is 0. The highest BCUT2D eigenvalue weighted by Crippen LogP contribution is 2.24. The van der Waals surface area contributed by atoms with Crippen molar-refractivity contribution in [3.8, 4) is 0 Å². The van der Waals surface area contributed by atoms with Crippen LogP contribution >= 0.6 is 0 Å². The summed E-state index contributed by atoms with van der Waals surface area (Å²) in [4.78, 5) is 2.11. The summed E-state index contributed by atoms with van der Waals surface area (Å²) in [7, 11) is 4.09. The number of hydrogen-bond acceptors (Lipinski definition) is 3. The topological polar surface area (TPSA) is 35.5 Å². The first-order chi connectivity index (χ1) is 7.56. The highest BCUT2D eigenvalue weighted by molar-refractivity contribution is 5.53. The zero-order chi connectivity index (χ0) is 12.1. The maximum atomic E-state index is 9.04. The molecule has 1 unspecified atom stereocenters. The molecule has 3 nitrogen and oxygen atoms in total. The first-order valence-corrected chi connectivity index (χ1v) is 5.69. The van der Waals surface area contributed by atoms with Crippen LogP contribution in [0.3, 0.4) is 0 Å². The largest absolute Gasteiger partial charge is 0.395 e. The third-order valence-corrected chi connectivity index (χ3v) is 2.69. The summed E-state index contributed by atoms with van der Waals surface area (Å²) in [5.74, 6) is 0. The van der Waals surface area contributed by atoms with Gasteiger partial charge in [0, 0.05) is 31.9 Å². The molecule has 0 aliphatic rings. The highest BCUT2D eigenvalue weighted by atomic mass is 16.3. The Kier molecular flexibility index (Phi) is 4.77. The number of nitrogens with one attached hydrogen (secondary N) is 1. The smallest absolute Gasteiger partial charge is 0.0582 e. The van der Waals surface area contributed by atoms with Crippen LogP contribution in [0.4, 0.5) is 5.69 Å². The molecule has 2 N–H and O–H groups in total. The molecule has 3 heteroatoms. The molecule has 0 saturated carbocycles. The van der Waals surface area contributed by atoms with E-state index in [0.29, 0.717) is 0 Å². The number of nitrogens with zero attached hydrogens (tertiary/aromatic N) is 1. The maximum absolute atomic E-state index is 9.04. The molecule has 0 heterocycles.